The van der Waals surface area contributed by atoms with Crippen molar-refractivity contribution in [3.8, 4) is 0 Å². The zero-order chi connectivity index (χ0) is 12.8. The SMILES string of the molecule is CCCCCc1nc(Cl)cc(=O)n1CC(C)=O. The van der Waals surface area contributed by atoms with Gasteiger partial charge in [0.05, 0.1) is 6.54 Å². The van der Waals surface area contributed by atoms with Gasteiger partial charge in [-0.25, -0.2) is 4.98 Å². The maximum atomic E-state index is 11.7. The lowest BCUT2D eigenvalue weighted by atomic mass is 10.2. The first-order chi connectivity index (χ1) is 8.04. The van der Waals surface area contributed by atoms with Crippen LogP contribution in [-0.2, 0) is 17.8 Å². The third kappa shape index (κ3) is 4.30. The van der Waals surface area contributed by atoms with E-state index in [1.807, 2.05) is 0 Å². The summed E-state index contributed by atoms with van der Waals surface area (Å²) in [5, 5.41) is 0.196. The molecule has 5 heteroatoms. The minimum absolute atomic E-state index is 0.0621. The molecule has 0 amide bonds. The standard InChI is InChI=1S/C12H17ClN2O2/c1-3-4-5-6-11-14-10(13)7-12(17)15(11)8-9(2)16/h7H,3-6,8H2,1-2H3. The number of hydrogen-bond donors (Lipinski definition) is 0. The number of carbonyl (C=O) groups is 1. The molecule has 1 rings (SSSR count). The summed E-state index contributed by atoms with van der Waals surface area (Å²) in [6.07, 6.45) is 3.79. The second-order valence-electron chi connectivity index (χ2n) is 4.08. The van der Waals surface area contributed by atoms with Crippen molar-refractivity contribution in [3.05, 3.63) is 27.4 Å². The number of nitrogens with zero attached hydrogens (tertiary/aromatic N) is 2. The Morgan fingerprint density at radius 3 is 2.76 bits per heavy atom. The molecule has 4 nitrogen and oxygen atoms in total. The lowest BCUT2D eigenvalue weighted by Gasteiger charge is -2.10. The number of unbranched alkanes of at least 4 members (excludes halogenated alkanes) is 2. The van der Waals surface area contributed by atoms with Gasteiger partial charge in [0.2, 0.25) is 0 Å². The third-order valence-corrected chi connectivity index (χ3v) is 2.63. The second-order valence-corrected chi connectivity index (χ2v) is 4.47. The number of hydrogen-bond acceptors (Lipinski definition) is 3. The van der Waals surface area contributed by atoms with Crippen molar-refractivity contribution < 1.29 is 4.79 Å². The van der Waals surface area contributed by atoms with Gasteiger partial charge in [-0.1, -0.05) is 31.4 Å². The van der Waals surface area contributed by atoms with E-state index in [1.165, 1.54) is 17.6 Å². The number of carbonyl (C=O) groups excluding carboxylic acids is 1. The molecule has 94 valence electrons. The molecule has 0 unspecified atom stereocenters. The lowest BCUT2D eigenvalue weighted by molar-refractivity contribution is -0.117. The minimum atomic E-state index is -0.258. The highest BCUT2D eigenvalue weighted by Gasteiger charge is 2.09. The summed E-state index contributed by atoms with van der Waals surface area (Å²) >= 11 is 5.76. The topological polar surface area (TPSA) is 52.0 Å². The molecule has 0 aliphatic rings. The molecule has 0 radical (unpaired) electrons. The second kappa shape index (κ2) is 6.55. The predicted molar refractivity (Wildman–Crippen MR) is 67.4 cm³/mol. The molecule has 0 aliphatic carbocycles. The smallest absolute Gasteiger partial charge is 0.255 e. The summed E-state index contributed by atoms with van der Waals surface area (Å²) in [4.78, 5) is 27.0. The van der Waals surface area contributed by atoms with Crippen molar-refractivity contribution in [2.75, 3.05) is 0 Å². The fraction of sp³-hybridized carbons (Fsp3) is 0.583. The van der Waals surface area contributed by atoms with Crippen LogP contribution in [0.2, 0.25) is 5.15 Å². The molecule has 0 saturated heterocycles. The first-order valence-electron chi connectivity index (χ1n) is 5.80. The zero-order valence-corrected chi connectivity index (χ0v) is 11.0. The Labute approximate surface area is 106 Å². The van der Waals surface area contributed by atoms with Crippen LogP contribution in [0.25, 0.3) is 0 Å². The normalized spacial score (nSPS) is 10.5. The summed E-state index contributed by atoms with van der Waals surface area (Å²) in [6.45, 7) is 3.63. The number of rotatable bonds is 6. The predicted octanol–water partition coefficient (Wildman–Crippen LogP) is 2.22. The van der Waals surface area contributed by atoms with Crippen molar-refractivity contribution in [2.24, 2.45) is 0 Å². The van der Waals surface area contributed by atoms with E-state index in [9.17, 15) is 9.59 Å². The number of aryl methyl sites for hydroxylation is 1. The van der Waals surface area contributed by atoms with Gasteiger partial charge in [0.1, 0.15) is 16.8 Å². The Balaban J connectivity index is 2.98. The molecular formula is C12H17ClN2O2. The summed E-state index contributed by atoms with van der Waals surface area (Å²) in [7, 11) is 0. The maximum Gasteiger partial charge on any atom is 0.255 e. The minimum Gasteiger partial charge on any atom is -0.298 e. The van der Waals surface area contributed by atoms with E-state index in [-0.39, 0.29) is 23.0 Å². The number of ketones is 1. The number of aromatic nitrogens is 2. The summed E-state index contributed by atoms with van der Waals surface area (Å²) in [6, 6.07) is 1.24. The highest BCUT2D eigenvalue weighted by Crippen LogP contribution is 2.07. The van der Waals surface area contributed by atoms with Crippen molar-refractivity contribution in [2.45, 2.75) is 46.1 Å². The van der Waals surface area contributed by atoms with Gasteiger partial charge in [0.25, 0.3) is 5.56 Å². The first kappa shape index (κ1) is 13.9. The Hall–Kier alpha value is -1.16. The molecule has 0 aliphatic heterocycles. The quantitative estimate of drug-likeness (QED) is 0.579. The number of halogens is 1. The Morgan fingerprint density at radius 1 is 1.47 bits per heavy atom. The lowest BCUT2D eigenvalue weighted by Crippen LogP contribution is -2.27. The summed E-state index contributed by atoms with van der Waals surface area (Å²) in [5.74, 6) is 0.541. The fourth-order valence-corrected chi connectivity index (χ4v) is 1.83. The van der Waals surface area contributed by atoms with Crippen LogP contribution < -0.4 is 5.56 Å². The molecule has 17 heavy (non-hydrogen) atoms. The first-order valence-corrected chi connectivity index (χ1v) is 6.18. The van der Waals surface area contributed by atoms with Gasteiger partial charge >= 0.3 is 0 Å². The molecule has 1 heterocycles. The Morgan fingerprint density at radius 2 is 2.18 bits per heavy atom. The van der Waals surface area contributed by atoms with Gasteiger partial charge in [-0.05, 0) is 13.3 Å². The molecule has 0 fully saturated rings. The van der Waals surface area contributed by atoms with Crippen molar-refractivity contribution >= 4 is 17.4 Å². The molecule has 0 atom stereocenters. The van der Waals surface area contributed by atoms with E-state index in [4.69, 9.17) is 11.6 Å². The van der Waals surface area contributed by atoms with E-state index < -0.39 is 0 Å². The van der Waals surface area contributed by atoms with E-state index in [2.05, 4.69) is 11.9 Å². The molecule has 0 aromatic carbocycles. The highest BCUT2D eigenvalue weighted by molar-refractivity contribution is 6.29. The van der Waals surface area contributed by atoms with Gasteiger partial charge in [-0.15, -0.1) is 0 Å². The van der Waals surface area contributed by atoms with Crippen molar-refractivity contribution in [3.63, 3.8) is 0 Å². The zero-order valence-electron chi connectivity index (χ0n) is 10.2. The van der Waals surface area contributed by atoms with E-state index >= 15 is 0 Å². The van der Waals surface area contributed by atoms with Crippen LogP contribution in [0.4, 0.5) is 0 Å². The van der Waals surface area contributed by atoms with Crippen LogP contribution in [0, 0.1) is 0 Å². The molecule has 0 saturated carbocycles. The number of Topliss-reactive ketones (excluding diaryl/α,β-unsaturated/α-hetero) is 1. The molecule has 0 spiro atoms. The highest BCUT2D eigenvalue weighted by atomic mass is 35.5. The van der Waals surface area contributed by atoms with Crippen LogP contribution in [0.1, 0.15) is 38.9 Å². The largest absolute Gasteiger partial charge is 0.298 e. The van der Waals surface area contributed by atoms with Gasteiger partial charge in [0, 0.05) is 12.5 Å². The summed E-state index contributed by atoms with van der Waals surface area (Å²) < 4.78 is 1.41. The average Bonchev–Trinajstić information content (AvgIpc) is 2.23. The van der Waals surface area contributed by atoms with E-state index in [0.717, 1.165) is 19.3 Å². The average molecular weight is 257 g/mol. The van der Waals surface area contributed by atoms with Crippen molar-refractivity contribution in [1.82, 2.24) is 9.55 Å². The van der Waals surface area contributed by atoms with Crippen LogP contribution in [-0.4, -0.2) is 15.3 Å². The summed E-state index contributed by atoms with van der Waals surface area (Å²) in [5.41, 5.74) is -0.258. The van der Waals surface area contributed by atoms with Gasteiger partial charge < -0.3 is 0 Å². The Kier molecular flexibility index (Phi) is 5.35. The maximum absolute atomic E-state index is 11.7. The van der Waals surface area contributed by atoms with Gasteiger partial charge in [-0.2, -0.15) is 0 Å². The fourth-order valence-electron chi connectivity index (χ4n) is 1.64. The van der Waals surface area contributed by atoms with Crippen LogP contribution >= 0.6 is 11.6 Å². The van der Waals surface area contributed by atoms with Crippen LogP contribution in [0.3, 0.4) is 0 Å². The molecule has 1 aromatic heterocycles. The molecule has 0 N–H and O–H groups in total. The van der Waals surface area contributed by atoms with E-state index in [1.54, 1.807) is 0 Å². The molecule has 1 aromatic rings. The van der Waals surface area contributed by atoms with Crippen LogP contribution in [0.5, 0.6) is 0 Å². The van der Waals surface area contributed by atoms with Gasteiger partial charge in [-0.3, -0.25) is 14.2 Å². The third-order valence-electron chi connectivity index (χ3n) is 2.44. The molecular weight excluding hydrogens is 240 g/mol. The van der Waals surface area contributed by atoms with Gasteiger partial charge in [0.15, 0.2) is 0 Å². The molecule has 0 bridgehead atoms. The monoisotopic (exact) mass is 256 g/mol. The van der Waals surface area contributed by atoms with Crippen molar-refractivity contribution in [1.29, 1.82) is 0 Å². The van der Waals surface area contributed by atoms with Crippen LogP contribution in [0.15, 0.2) is 10.9 Å². The van der Waals surface area contributed by atoms with E-state index in [0.29, 0.717) is 12.2 Å². The Bertz CT molecular complexity index is 454.